The molecule has 0 radical (unpaired) electrons. The fraction of sp³-hybridized carbons (Fsp3) is 0.714. The van der Waals surface area contributed by atoms with Crippen LogP contribution in [0, 0.1) is 5.92 Å². The van der Waals surface area contributed by atoms with Gasteiger partial charge < -0.3 is 5.32 Å². The van der Waals surface area contributed by atoms with Crippen LogP contribution in [0.5, 0.6) is 0 Å². The van der Waals surface area contributed by atoms with Gasteiger partial charge in [0.1, 0.15) is 0 Å². The molecule has 18 heavy (non-hydrogen) atoms. The van der Waals surface area contributed by atoms with Crippen molar-refractivity contribution in [3.05, 3.63) is 12.2 Å². The quantitative estimate of drug-likeness (QED) is 0.607. The molecule has 2 amide bonds. The molecule has 2 rings (SSSR count). The van der Waals surface area contributed by atoms with Crippen molar-refractivity contribution in [1.82, 2.24) is 10.2 Å². The Morgan fingerprint density at radius 2 is 2.17 bits per heavy atom. The van der Waals surface area contributed by atoms with E-state index in [1.807, 2.05) is 13.8 Å². The second-order valence-corrected chi connectivity index (χ2v) is 5.51. The number of imide groups is 1. The molecule has 100 valence electrons. The fourth-order valence-corrected chi connectivity index (χ4v) is 2.70. The maximum absolute atomic E-state index is 12.1. The third kappa shape index (κ3) is 2.80. The average molecular weight is 250 g/mol. The zero-order valence-corrected chi connectivity index (χ0v) is 11.2. The molecule has 0 aromatic rings. The van der Waals surface area contributed by atoms with Crippen LogP contribution in [-0.4, -0.2) is 35.3 Å². The molecule has 4 nitrogen and oxygen atoms in total. The largest absolute Gasteiger partial charge is 0.305 e. The number of likely N-dealkylation sites (tertiary alicyclic amines) is 1. The predicted octanol–water partition coefficient (Wildman–Crippen LogP) is 1.47. The Morgan fingerprint density at radius 3 is 2.72 bits per heavy atom. The monoisotopic (exact) mass is 250 g/mol. The van der Waals surface area contributed by atoms with Crippen molar-refractivity contribution in [2.24, 2.45) is 5.92 Å². The highest BCUT2D eigenvalue weighted by molar-refractivity contribution is 6.05. The summed E-state index contributed by atoms with van der Waals surface area (Å²) in [6, 6.07) is -0.333. The first kappa shape index (κ1) is 13.3. The second-order valence-electron chi connectivity index (χ2n) is 5.51. The Morgan fingerprint density at radius 1 is 1.39 bits per heavy atom. The van der Waals surface area contributed by atoms with E-state index >= 15 is 0 Å². The highest BCUT2D eigenvalue weighted by atomic mass is 16.2. The lowest BCUT2D eigenvalue weighted by molar-refractivity contribution is -0.140. The Balaban J connectivity index is 1.85. The maximum Gasteiger partial charge on any atom is 0.247 e. The lowest BCUT2D eigenvalue weighted by Gasteiger charge is -2.21. The standard InChI is InChI=1S/C14H22N2O2/c1-10(2)16-13(17)8-12(14(16)18)15-9-11-6-4-3-5-7-11/h3-4,10-12,15H,5-9H2,1-2H3. The summed E-state index contributed by atoms with van der Waals surface area (Å²) >= 11 is 0. The molecule has 1 N–H and O–H groups in total. The smallest absolute Gasteiger partial charge is 0.247 e. The van der Waals surface area contributed by atoms with Crippen LogP contribution in [0.3, 0.4) is 0 Å². The Kier molecular flexibility index (Phi) is 4.17. The molecule has 0 saturated carbocycles. The number of rotatable bonds is 4. The highest BCUT2D eigenvalue weighted by Gasteiger charge is 2.39. The van der Waals surface area contributed by atoms with Gasteiger partial charge in [0, 0.05) is 6.04 Å². The molecule has 2 aliphatic rings. The van der Waals surface area contributed by atoms with Crippen molar-refractivity contribution in [3.63, 3.8) is 0 Å². The van der Waals surface area contributed by atoms with Crippen molar-refractivity contribution < 1.29 is 9.59 Å². The van der Waals surface area contributed by atoms with E-state index in [1.165, 1.54) is 11.3 Å². The molecule has 0 bridgehead atoms. The lowest BCUT2D eigenvalue weighted by Crippen LogP contribution is -2.43. The Bertz CT molecular complexity index is 363. The van der Waals surface area contributed by atoms with Crippen LogP contribution in [0.1, 0.15) is 39.5 Å². The fourth-order valence-electron chi connectivity index (χ4n) is 2.70. The molecule has 0 spiro atoms. The number of nitrogens with one attached hydrogen (secondary N) is 1. The van der Waals surface area contributed by atoms with E-state index in [-0.39, 0.29) is 23.9 Å². The van der Waals surface area contributed by atoms with Crippen LogP contribution >= 0.6 is 0 Å². The molecule has 4 heteroatoms. The van der Waals surface area contributed by atoms with Gasteiger partial charge in [-0.05, 0) is 45.6 Å². The summed E-state index contributed by atoms with van der Waals surface area (Å²) in [5, 5.41) is 3.27. The minimum atomic E-state index is -0.300. The summed E-state index contributed by atoms with van der Waals surface area (Å²) in [6.45, 7) is 4.59. The summed E-state index contributed by atoms with van der Waals surface area (Å²) < 4.78 is 0. The molecule has 2 atom stereocenters. The molecule has 0 aromatic heterocycles. The lowest BCUT2D eigenvalue weighted by atomic mass is 9.94. The maximum atomic E-state index is 12.1. The van der Waals surface area contributed by atoms with E-state index in [4.69, 9.17) is 0 Å². The number of allylic oxidation sites excluding steroid dienone is 2. The van der Waals surface area contributed by atoms with Crippen molar-refractivity contribution >= 4 is 11.8 Å². The zero-order chi connectivity index (χ0) is 13.1. The first-order chi connectivity index (χ1) is 8.59. The average Bonchev–Trinajstić information content (AvgIpc) is 2.63. The molecular formula is C14H22N2O2. The third-order valence-electron chi connectivity index (χ3n) is 3.73. The van der Waals surface area contributed by atoms with Gasteiger partial charge in [0.05, 0.1) is 12.5 Å². The van der Waals surface area contributed by atoms with Gasteiger partial charge in [-0.3, -0.25) is 14.5 Å². The van der Waals surface area contributed by atoms with Gasteiger partial charge in [-0.25, -0.2) is 0 Å². The minimum absolute atomic E-state index is 0.0330. The summed E-state index contributed by atoms with van der Waals surface area (Å²) in [5.74, 6) is 0.503. The minimum Gasteiger partial charge on any atom is -0.305 e. The number of hydrogen-bond donors (Lipinski definition) is 1. The molecule has 2 unspecified atom stereocenters. The van der Waals surface area contributed by atoms with Crippen LogP contribution in [0.2, 0.25) is 0 Å². The number of hydrogen-bond acceptors (Lipinski definition) is 3. The van der Waals surface area contributed by atoms with Crippen molar-refractivity contribution in [2.45, 2.75) is 51.6 Å². The van der Waals surface area contributed by atoms with Crippen LogP contribution < -0.4 is 5.32 Å². The molecule has 1 aliphatic heterocycles. The van der Waals surface area contributed by atoms with Gasteiger partial charge in [0.25, 0.3) is 0 Å². The summed E-state index contributed by atoms with van der Waals surface area (Å²) in [7, 11) is 0. The van der Waals surface area contributed by atoms with Crippen LogP contribution in [0.15, 0.2) is 12.2 Å². The normalized spacial score (nSPS) is 28.5. The first-order valence-electron chi connectivity index (χ1n) is 6.84. The molecule has 1 fully saturated rings. The topological polar surface area (TPSA) is 49.4 Å². The first-order valence-corrected chi connectivity index (χ1v) is 6.84. The number of amides is 2. The number of nitrogens with zero attached hydrogens (tertiary/aromatic N) is 1. The van der Waals surface area contributed by atoms with Crippen molar-refractivity contribution in [2.75, 3.05) is 6.54 Å². The van der Waals surface area contributed by atoms with E-state index in [0.717, 1.165) is 19.4 Å². The summed E-state index contributed by atoms with van der Waals surface area (Å²) in [6.07, 6.45) is 8.11. The SMILES string of the molecule is CC(C)N1C(=O)CC(NCC2CC=CCC2)C1=O. The van der Waals surface area contributed by atoms with Gasteiger partial charge in [0.15, 0.2) is 0 Å². The molecule has 1 saturated heterocycles. The van der Waals surface area contributed by atoms with Crippen LogP contribution in [0.25, 0.3) is 0 Å². The van der Waals surface area contributed by atoms with E-state index < -0.39 is 0 Å². The van der Waals surface area contributed by atoms with Crippen LogP contribution in [-0.2, 0) is 9.59 Å². The molecular weight excluding hydrogens is 228 g/mol. The van der Waals surface area contributed by atoms with Crippen molar-refractivity contribution in [3.8, 4) is 0 Å². The summed E-state index contributed by atoms with van der Waals surface area (Å²) in [4.78, 5) is 25.2. The molecule has 1 aliphatic carbocycles. The highest BCUT2D eigenvalue weighted by Crippen LogP contribution is 2.20. The Labute approximate surface area is 108 Å². The molecule has 1 heterocycles. The van der Waals surface area contributed by atoms with E-state index in [9.17, 15) is 9.59 Å². The second kappa shape index (κ2) is 5.65. The van der Waals surface area contributed by atoms with Crippen molar-refractivity contribution in [1.29, 1.82) is 0 Å². The van der Waals surface area contributed by atoms with Gasteiger partial charge in [-0.2, -0.15) is 0 Å². The zero-order valence-electron chi connectivity index (χ0n) is 11.2. The van der Waals surface area contributed by atoms with Gasteiger partial charge in [-0.15, -0.1) is 0 Å². The van der Waals surface area contributed by atoms with Crippen LogP contribution in [0.4, 0.5) is 0 Å². The van der Waals surface area contributed by atoms with E-state index in [1.54, 1.807) is 0 Å². The van der Waals surface area contributed by atoms with E-state index in [2.05, 4.69) is 17.5 Å². The van der Waals surface area contributed by atoms with Gasteiger partial charge in [-0.1, -0.05) is 12.2 Å². The molecule has 0 aromatic carbocycles. The van der Waals surface area contributed by atoms with Gasteiger partial charge in [0.2, 0.25) is 11.8 Å². The third-order valence-corrected chi connectivity index (χ3v) is 3.73. The van der Waals surface area contributed by atoms with Gasteiger partial charge >= 0.3 is 0 Å². The number of carbonyl (C=O) groups excluding carboxylic acids is 2. The number of carbonyl (C=O) groups is 2. The Hall–Kier alpha value is -1.16. The summed E-state index contributed by atoms with van der Waals surface area (Å²) in [5.41, 5.74) is 0. The predicted molar refractivity (Wildman–Crippen MR) is 69.9 cm³/mol. The van der Waals surface area contributed by atoms with E-state index in [0.29, 0.717) is 12.3 Å².